The van der Waals surface area contributed by atoms with Gasteiger partial charge >= 0.3 is 0 Å². The number of nitrogens with zero attached hydrogens (tertiary/aromatic N) is 3. The van der Waals surface area contributed by atoms with E-state index >= 15 is 0 Å². The van der Waals surface area contributed by atoms with Crippen molar-refractivity contribution < 1.29 is 5.11 Å². The van der Waals surface area contributed by atoms with Gasteiger partial charge in [-0.1, -0.05) is 12.1 Å². The van der Waals surface area contributed by atoms with Crippen LogP contribution in [0.1, 0.15) is 61.4 Å². The fraction of sp³-hybridized carbons (Fsp3) is 0.517. The zero-order valence-electron chi connectivity index (χ0n) is 21.3. The van der Waals surface area contributed by atoms with Crippen LogP contribution in [0.5, 0.6) is 5.75 Å². The molecule has 2 saturated heterocycles. The van der Waals surface area contributed by atoms with Crippen molar-refractivity contribution in [2.24, 2.45) is 23.5 Å². The number of piperidine rings is 1. The normalized spacial score (nSPS) is 31.5. The number of allylic oxidation sites excluding steroid dienone is 1. The molecular weight excluding hydrogens is 462 g/mol. The van der Waals surface area contributed by atoms with Gasteiger partial charge in [0, 0.05) is 36.5 Å². The van der Waals surface area contributed by atoms with E-state index in [-0.39, 0.29) is 11.2 Å². The van der Waals surface area contributed by atoms with Crippen LogP contribution in [0.3, 0.4) is 0 Å². The van der Waals surface area contributed by atoms with Gasteiger partial charge in [-0.25, -0.2) is 9.97 Å². The minimum Gasteiger partial charge on any atom is -0.507 e. The molecule has 2 aromatic rings. The number of benzene rings is 1. The third-order valence-corrected chi connectivity index (χ3v) is 9.76. The summed E-state index contributed by atoms with van der Waals surface area (Å²) in [5.41, 5.74) is 16.8. The molecule has 3 aliphatic heterocycles. The number of phenolic OH excluding ortho intramolecular Hbond substituents is 1. The number of hydrogen-bond acceptors (Lipinski definition) is 8. The van der Waals surface area contributed by atoms with Crippen LogP contribution in [-0.4, -0.2) is 46.2 Å². The van der Waals surface area contributed by atoms with Gasteiger partial charge in [0.15, 0.2) is 0 Å². The highest BCUT2D eigenvalue weighted by Gasteiger charge is 2.62. The summed E-state index contributed by atoms with van der Waals surface area (Å²) in [7, 11) is 0. The summed E-state index contributed by atoms with van der Waals surface area (Å²) in [5.74, 6) is 4.53. The molecule has 0 radical (unpaired) electrons. The van der Waals surface area contributed by atoms with Gasteiger partial charge < -0.3 is 21.1 Å². The van der Waals surface area contributed by atoms with Crippen molar-refractivity contribution in [1.82, 2.24) is 31.0 Å². The number of likely N-dealkylation sites (tertiary alicyclic amines) is 1. The molecular formula is C29H37N7O. The van der Waals surface area contributed by atoms with E-state index in [1.54, 1.807) is 6.07 Å². The molecule has 2 saturated carbocycles. The zero-order valence-corrected chi connectivity index (χ0v) is 21.3. The lowest BCUT2D eigenvalue weighted by Gasteiger charge is -2.52. The minimum atomic E-state index is 0.154. The first-order valence-electron chi connectivity index (χ1n) is 13.9. The number of para-hydroxylation sites is 1. The summed E-state index contributed by atoms with van der Waals surface area (Å²) >= 11 is 0. The maximum atomic E-state index is 10.4. The molecule has 0 amide bonds. The Hall–Kier alpha value is -3.26. The quantitative estimate of drug-likeness (QED) is 0.437. The van der Waals surface area contributed by atoms with Crippen LogP contribution in [0.25, 0.3) is 5.70 Å². The predicted octanol–water partition coefficient (Wildman–Crippen LogP) is 2.92. The average Bonchev–Trinajstić information content (AvgIpc) is 3.28. The van der Waals surface area contributed by atoms with E-state index in [1.807, 2.05) is 18.2 Å². The van der Waals surface area contributed by atoms with Crippen molar-refractivity contribution in [3.63, 3.8) is 0 Å². The van der Waals surface area contributed by atoms with Gasteiger partial charge in [-0.3, -0.25) is 10.9 Å². The molecule has 2 aliphatic carbocycles. The summed E-state index contributed by atoms with van der Waals surface area (Å²) in [6.45, 7) is 4.17. The van der Waals surface area contributed by atoms with Crippen molar-refractivity contribution in [3.05, 3.63) is 71.2 Å². The van der Waals surface area contributed by atoms with Gasteiger partial charge in [0.2, 0.25) is 0 Å². The highest BCUT2D eigenvalue weighted by molar-refractivity contribution is 5.71. The Bertz CT molecular complexity index is 1240. The minimum absolute atomic E-state index is 0.154. The van der Waals surface area contributed by atoms with Crippen molar-refractivity contribution in [3.8, 4) is 5.75 Å². The first-order valence-corrected chi connectivity index (χ1v) is 13.9. The number of hydrazine groups is 1. The lowest BCUT2D eigenvalue weighted by atomic mass is 9.54. The molecule has 37 heavy (non-hydrogen) atoms. The van der Waals surface area contributed by atoms with Crippen molar-refractivity contribution in [2.75, 3.05) is 26.2 Å². The summed E-state index contributed by atoms with van der Waals surface area (Å²) in [6.07, 6.45) is 13.5. The van der Waals surface area contributed by atoms with Crippen molar-refractivity contribution in [2.45, 2.75) is 49.9 Å². The van der Waals surface area contributed by atoms with E-state index in [2.05, 4.69) is 39.5 Å². The third-order valence-electron chi connectivity index (χ3n) is 9.76. The molecule has 0 spiro atoms. The highest BCUT2D eigenvalue weighted by atomic mass is 16.3. The number of hydrogen-bond donors (Lipinski definition) is 5. The first kappa shape index (κ1) is 22.9. The number of rotatable bonds is 4. The molecule has 8 heteroatoms. The van der Waals surface area contributed by atoms with Crippen LogP contribution >= 0.6 is 0 Å². The Kier molecular flexibility index (Phi) is 5.53. The van der Waals surface area contributed by atoms with Gasteiger partial charge in [-0.2, -0.15) is 0 Å². The number of nitrogens with two attached hydrogens (primary N) is 1. The number of fused-ring (bicyclic) bond motifs is 1. The smallest absolute Gasteiger partial charge is 0.139 e. The predicted molar refractivity (Wildman–Crippen MR) is 143 cm³/mol. The van der Waals surface area contributed by atoms with Crippen LogP contribution < -0.4 is 21.9 Å². The number of nitrogens with one attached hydrogen (secondary N) is 3. The van der Waals surface area contributed by atoms with Gasteiger partial charge in [0.05, 0.1) is 11.4 Å². The van der Waals surface area contributed by atoms with E-state index in [9.17, 15) is 5.11 Å². The molecule has 5 aliphatic rings. The Morgan fingerprint density at radius 1 is 1.03 bits per heavy atom. The number of aromatic nitrogens is 2. The zero-order chi connectivity index (χ0) is 25.0. The van der Waals surface area contributed by atoms with E-state index in [0.29, 0.717) is 29.5 Å². The second-order valence-corrected chi connectivity index (χ2v) is 11.8. The van der Waals surface area contributed by atoms with Gasteiger partial charge in [-0.05, 0) is 99.1 Å². The standard InChI is InChI=1S/C29H37N7O/c30-27-25(12-24(34-35-27)22-3-1-2-4-26(22)37)36-10-7-18-11-23-20(17-36)14-29(23,13-18)28-32-15-21(16-33-28)19-5-8-31-9-6-19/h1-4,12,15-16,18-20,23,31,34-35,37H,5-11,13-14,17,30H2. The topological polar surface area (TPSA) is 111 Å². The van der Waals surface area contributed by atoms with Crippen molar-refractivity contribution in [1.29, 1.82) is 0 Å². The highest BCUT2D eigenvalue weighted by Crippen LogP contribution is 2.64. The van der Waals surface area contributed by atoms with Gasteiger partial charge in [-0.15, -0.1) is 0 Å². The molecule has 4 heterocycles. The summed E-state index contributed by atoms with van der Waals surface area (Å²) in [6, 6.07) is 7.39. The molecule has 4 unspecified atom stereocenters. The largest absolute Gasteiger partial charge is 0.507 e. The molecule has 6 N–H and O–H groups in total. The lowest BCUT2D eigenvalue weighted by molar-refractivity contribution is 0.0296. The number of aromatic hydroxyl groups is 1. The second-order valence-electron chi connectivity index (χ2n) is 11.8. The van der Waals surface area contributed by atoms with Crippen LogP contribution in [0.4, 0.5) is 0 Å². The fourth-order valence-electron chi connectivity index (χ4n) is 7.87. The molecule has 1 aromatic carbocycles. The maximum Gasteiger partial charge on any atom is 0.139 e. The SMILES string of the molecule is NC1=C(N2CCC3CC4C(C2)CC4(c2ncc(C4CCNCC4)cn2)C3)C=C(c2ccccc2O)NN1. The van der Waals surface area contributed by atoms with Crippen LogP contribution in [0.15, 0.2) is 54.3 Å². The Morgan fingerprint density at radius 2 is 1.84 bits per heavy atom. The Labute approximate surface area is 218 Å². The van der Waals surface area contributed by atoms with Crippen LogP contribution in [-0.2, 0) is 5.41 Å². The Morgan fingerprint density at radius 3 is 2.65 bits per heavy atom. The van der Waals surface area contributed by atoms with Crippen LogP contribution in [0.2, 0.25) is 0 Å². The molecule has 2 bridgehead atoms. The monoisotopic (exact) mass is 499 g/mol. The molecule has 1 aromatic heterocycles. The Balaban J connectivity index is 1.11. The lowest BCUT2D eigenvalue weighted by Crippen LogP contribution is -2.53. The van der Waals surface area contributed by atoms with E-state index < -0.39 is 0 Å². The molecule has 8 nitrogen and oxygen atoms in total. The fourth-order valence-corrected chi connectivity index (χ4v) is 7.87. The molecule has 4 atom stereocenters. The van der Waals surface area contributed by atoms with Gasteiger partial charge in [0.25, 0.3) is 0 Å². The van der Waals surface area contributed by atoms with Crippen molar-refractivity contribution >= 4 is 5.70 Å². The summed E-state index contributed by atoms with van der Waals surface area (Å²) < 4.78 is 0. The molecule has 7 rings (SSSR count). The number of phenols is 1. The molecule has 194 valence electrons. The van der Waals surface area contributed by atoms with Crippen LogP contribution in [0, 0.1) is 17.8 Å². The molecule has 4 fully saturated rings. The first-order chi connectivity index (χ1) is 18.1. The summed E-state index contributed by atoms with van der Waals surface area (Å²) in [5, 5.41) is 13.8. The van der Waals surface area contributed by atoms with E-state index in [1.165, 1.54) is 31.2 Å². The maximum absolute atomic E-state index is 10.4. The summed E-state index contributed by atoms with van der Waals surface area (Å²) in [4.78, 5) is 12.5. The van der Waals surface area contributed by atoms with Gasteiger partial charge in [0.1, 0.15) is 17.4 Å². The average molecular weight is 500 g/mol. The van der Waals surface area contributed by atoms with E-state index in [0.717, 1.165) is 61.8 Å². The third kappa shape index (κ3) is 3.84. The second kappa shape index (κ2) is 8.94. The van der Waals surface area contributed by atoms with E-state index in [4.69, 9.17) is 15.7 Å².